The molecule has 0 aromatic carbocycles. The summed E-state index contributed by atoms with van der Waals surface area (Å²) >= 11 is 0. The molecule has 0 radical (unpaired) electrons. The number of primary amides is 1. The molecule has 20 heavy (non-hydrogen) atoms. The quantitative estimate of drug-likeness (QED) is 0.704. The van der Waals surface area contributed by atoms with Crippen LogP contribution in [-0.2, 0) is 22.7 Å². The van der Waals surface area contributed by atoms with Crippen molar-refractivity contribution in [3.8, 4) is 6.07 Å². The molecule has 2 heterocycles. The third kappa shape index (κ3) is 2.78. The zero-order chi connectivity index (χ0) is 14.7. The van der Waals surface area contributed by atoms with Gasteiger partial charge in [-0.1, -0.05) is 0 Å². The first-order valence-corrected chi connectivity index (χ1v) is 6.30. The standard InChI is InChI=1S/C12H16N6O2/c13-5-8-6-16-11-7-17(3-4-18(8)11)12(20)9(14)1-2-10(15)19/h6,9H,1-4,7,14H2,(H2,15,19)/t9-/m0/s1. The normalized spacial score (nSPS) is 15.3. The van der Waals surface area contributed by atoms with E-state index in [1.165, 1.54) is 6.20 Å². The molecule has 1 aliphatic heterocycles. The van der Waals surface area contributed by atoms with E-state index in [-0.39, 0.29) is 18.7 Å². The highest BCUT2D eigenvalue weighted by Gasteiger charge is 2.26. The smallest absolute Gasteiger partial charge is 0.239 e. The van der Waals surface area contributed by atoms with Gasteiger partial charge >= 0.3 is 0 Å². The zero-order valence-corrected chi connectivity index (χ0v) is 11.0. The summed E-state index contributed by atoms with van der Waals surface area (Å²) in [6, 6.07) is 1.32. The molecule has 8 nitrogen and oxygen atoms in total. The molecule has 1 aromatic heterocycles. The molecule has 2 amide bonds. The number of amides is 2. The molecule has 1 atom stereocenters. The topological polar surface area (TPSA) is 131 Å². The number of carbonyl (C=O) groups is 2. The minimum atomic E-state index is -0.737. The Bertz CT molecular complexity index is 573. The van der Waals surface area contributed by atoms with Crippen molar-refractivity contribution in [2.24, 2.45) is 11.5 Å². The van der Waals surface area contributed by atoms with Gasteiger partial charge in [0.2, 0.25) is 11.8 Å². The fraction of sp³-hybridized carbons (Fsp3) is 0.500. The Kier molecular flexibility index (Phi) is 4.00. The van der Waals surface area contributed by atoms with E-state index in [1.54, 1.807) is 9.47 Å². The van der Waals surface area contributed by atoms with Crippen LogP contribution in [0.25, 0.3) is 0 Å². The van der Waals surface area contributed by atoms with E-state index in [0.717, 1.165) is 0 Å². The van der Waals surface area contributed by atoms with Crippen LogP contribution in [0.3, 0.4) is 0 Å². The second kappa shape index (κ2) is 5.71. The maximum atomic E-state index is 12.1. The fourth-order valence-electron chi connectivity index (χ4n) is 2.19. The molecule has 0 fully saturated rings. The van der Waals surface area contributed by atoms with Crippen molar-refractivity contribution in [3.05, 3.63) is 17.7 Å². The molecule has 0 unspecified atom stereocenters. The average Bonchev–Trinajstić information content (AvgIpc) is 2.85. The van der Waals surface area contributed by atoms with E-state index in [9.17, 15) is 9.59 Å². The number of hydrogen-bond donors (Lipinski definition) is 2. The lowest BCUT2D eigenvalue weighted by Crippen LogP contribution is -2.47. The lowest BCUT2D eigenvalue weighted by molar-refractivity contribution is -0.134. The van der Waals surface area contributed by atoms with E-state index in [1.807, 2.05) is 0 Å². The maximum Gasteiger partial charge on any atom is 0.239 e. The first kappa shape index (κ1) is 14.0. The third-order valence-corrected chi connectivity index (χ3v) is 3.31. The lowest BCUT2D eigenvalue weighted by Gasteiger charge is -2.30. The van der Waals surface area contributed by atoms with Crippen molar-refractivity contribution >= 4 is 11.8 Å². The number of nitrogens with zero attached hydrogens (tertiary/aromatic N) is 4. The van der Waals surface area contributed by atoms with Gasteiger partial charge in [0.25, 0.3) is 0 Å². The van der Waals surface area contributed by atoms with Gasteiger partial charge in [0.1, 0.15) is 17.6 Å². The van der Waals surface area contributed by atoms with Crippen molar-refractivity contribution in [2.75, 3.05) is 6.54 Å². The zero-order valence-electron chi connectivity index (χ0n) is 11.0. The summed E-state index contributed by atoms with van der Waals surface area (Å²) in [5, 5.41) is 8.91. The van der Waals surface area contributed by atoms with E-state index < -0.39 is 11.9 Å². The first-order chi connectivity index (χ1) is 9.52. The highest BCUT2D eigenvalue weighted by atomic mass is 16.2. The molecule has 2 rings (SSSR count). The van der Waals surface area contributed by atoms with Crippen LogP contribution in [0, 0.1) is 11.3 Å². The summed E-state index contributed by atoms with van der Waals surface area (Å²) in [6.07, 6.45) is 1.83. The summed E-state index contributed by atoms with van der Waals surface area (Å²) < 4.78 is 1.79. The van der Waals surface area contributed by atoms with Gasteiger partial charge < -0.3 is 20.9 Å². The summed E-state index contributed by atoms with van der Waals surface area (Å²) in [5.41, 5.74) is 11.3. The monoisotopic (exact) mass is 276 g/mol. The number of nitriles is 1. The molecule has 1 aliphatic rings. The molecule has 106 valence electrons. The SMILES string of the molecule is N#Cc1cnc2n1CCN(C(=O)[C@@H](N)CCC(N)=O)C2. The highest BCUT2D eigenvalue weighted by Crippen LogP contribution is 2.15. The first-order valence-electron chi connectivity index (χ1n) is 6.30. The minimum absolute atomic E-state index is 0.0912. The lowest BCUT2D eigenvalue weighted by atomic mass is 10.1. The number of aromatic nitrogens is 2. The van der Waals surface area contributed by atoms with Crippen LogP contribution in [0.2, 0.25) is 0 Å². The minimum Gasteiger partial charge on any atom is -0.370 e. The van der Waals surface area contributed by atoms with E-state index in [4.69, 9.17) is 16.7 Å². The van der Waals surface area contributed by atoms with Gasteiger partial charge in [0, 0.05) is 19.5 Å². The molecule has 0 bridgehead atoms. The average molecular weight is 276 g/mol. The van der Waals surface area contributed by atoms with Crippen LogP contribution >= 0.6 is 0 Å². The predicted molar refractivity (Wildman–Crippen MR) is 68.8 cm³/mol. The predicted octanol–water partition coefficient (Wildman–Crippen LogP) is -1.31. The summed E-state index contributed by atoms with van der Waals surface area (Å²) in [4.78, 5) is 28.6. The number of carbonyl (C=O) groups excluding carboxylic acids is 2. The van der Waals surface area contributed by atoms with Crippen LogP contribution in [-0.4, -0.2) is 38.9 Å². The number of nitrogens with two attached hydrogens (primary N) is 2. The molecule has 4 N–H and O–H groups in total. The second-order valence-electron chi connectivity index (χ2n) is 4.69. The molecule has 8 heteroatoms. The van der Waals surface area contributed by atoms with Gasteiger partial charge in [-0.2, -0.15) is 5.26 Å². The third-order valence-electron chi connectivity index (χ3n) is 3.31. The molecular weight excluding hydrogens is 260 g/mol. The fourth-order valence-corrected chi connectivity index (χ4v) is 2.19. The van der Waals surface area contributed by atoms with E-state index >= 15 is 0 Å². The van der Waals surface area contributed by atoms with Crippen LogP contribution in [0.5, 0.6) is 0 Å². The van der Waals surface area contributed by atoms with Gasteiger partial charge in [-0.25, -0.2) is 4.98 Å². The summed E-state index contributed by atoms with van der Waals surface area (Å²) in [6.45, 7) is 1.32. The Morgan fingerprint density at radius 3 is 2.90 bits per heavy atom. The van der Waals surface area contributed by atoms with Crippen LogP contribution < -0.4 is 11.5 Å². The van der Waals surface area contributed by atoms with Crippen LogP contribution in [0.4, 0.5) is 0 Å². The molecule has 0 saturated heterocycles. The number of rotatable bonds is 4. The number of fused-ring (bicyclic) bond motifs is 1. The van der Waals surface area contributed by atoms with Gasteiger partial charge in [-0.3, -0.25) is 9.59 Å². The second-order valence-corrected chi connectivity index (χ2v) is 4.69. The Balaban J connectivity index is 2.00. The van der Waals surface area contributed by atoms with Crippen molar-refractivity contribution in [3.63, 3.8) is 0 Å². The molecule has 0 aliphatic carbocycles. The van der Waals surface area contributed by atoms with E-state index in [0.29, 0.717) is 31.2 Å². The Morgan fingerprint density at radius 2 is 2.25 bits per heavy atom. The molecule has 1 aromatic rings. The maximum absolute atomic E-state index is 12.1. The number of imidazole rings is 1. The summed E-state index contributed by atoms with van der Waals surface area (Å²) in [5.74, 6) is -0.0247. The van der Waals surface area contributed by atoms with Crippen molar-refractivity contribution in [2.45, 2.75) is 32.0 Å². The van der Waals surface area contributed by atoms with E-state index in [2.05, 4.69) is 11.1 Å². The Morgan fingerprint density at radius 1 is 1.50 bits per heavy atom. The van der Waals surface area contributed by atoms with Gasteiger partial charge in [0.05, 0.1) is 18.8 Å². The van der Waals surface area contributed by atoms with Crippen molar-refractivity contribution < 1.29 is 9.59 Å². The van der Waals surface area contributed by atoms with Crippen molar-refractivity contribution in [1.29, 1.82) is 5.26 Å². The van der Waals surface area contributed by atoms with Crippen LogP contribution in [0.1, 0.15) is 24.4 Å². The summed E-state index contributed by atoms with van der Waals surface area (Å²) in [7, 11) is 0. The highest BCUT2D eigenvalue weighted by molar-refractivity contribution is 5.82. The Hall–Kier alpha value is -2.40. The largest absolute Gasteiger partial charge is 0.370 e. The molecular formula is C12H16N6O2. The van der Waals surface area contributed by atoms with Crippen molar-refractivity contribution in [1.82, 2.24) is 14.5 Å². The molecule has 0 saturated carbocycles. The molecule has 0 spiro atoms. The number of hydrogen-bond acceptors (Lipinski definition) is 5. The Labute approximate surface area is 116 Å². The van der Waals surface area contributed by atoms with Gasteiger partial charge in [0.15, 0.2) is 0 Å². The van der Waals surface area contributed by atoms with Crippen LogP contribution in [0.15, 0.2) is 6.20 Å². The van der Waals surface area contributed by atoms with Gasteiger partial charge in [-0.15, -0.1) is 0 Å². The van der Waals surface area contributed by atoms with Gasteiger partial charge in [-0.05, 0) is 6.42 Å².